The van der Waals surface area contributed by atoms with Crippen molar-refractivity contribution in [2.75, 3.05) is 37.1 Å². The molecule has 0 amide bonds. The van der Waals surface area contributed by atoms with Gasteiger partial charge in [0.05, 0.1) is 30.0 Å². The van der Waals surface area contributed by atoms with Crippen LogP contribution in [0.1, 0.15) is 12.8 Å². The average Bonchev–Trinajstić information content (AvgIpc) is 2.40. The molecule has 1 aromatic heterocycles. The average molecular weight is 300 g/mol. The van der Waals surface area contributed by atoms with Crippen molar-refractivity contribution in [3.63, 3.8) is 0 Å². The fourth-order valence-corrected chi connectivity index (χ4v) is 3.79. The molecule has 6 nitrogen and oxygen atoms in total. The van der Waals surface area contributed by atoms with Crippen molar-refractivity contribution in [3.8, 4) is 5.88 Å². The number of methoxy groups -OCH3 is 1. The van der Waals surface area contributed by atoms with Gasteiger partial charge in [0.2, 0.25) is 5.88 Å². The highest BCUT2D eigenvalue weighted by Crippen LogP contribution is 2.18. The molecule has 2 heterocycles. The summed E-state index contributed by atoms with van der Waals surface area (Å²) in [6.07, 6.45) is 3.24. The van der Waals surface area contributed by atoms with E-state index in [0.717, 1.165) is 12.1 Å². The zero-order valence-electron chi connectivity index (χ0n) is 11.5. The summed E-state index contributed by atoms with van der Waals surface area (Å²) >= 11 is 0. The van der Waals surface area contributed by atoms with Gasteiger partial charge in [0, 0.05) is 19.2 Å². The van der Waals surface area contributed by atoms with Gasteiger partial charge in [-0.05, 0) is 18.9 Å². The number of hydrogen-bond acceptors (Lipinski definition) is 6. The largest absolute Gasteiger partial charge is 0.475 e. The van der Waals surface area contributed by atoms with Crippen LogP contribution < -0.4 is 10.1 Å². The number of nitrogens with one attached hydrogen (secondary N) is 1. The van der Waals surface area contributed by atoms with Crippen LogP contribution in [0.4, 0.5) is 5.69 Å². The second-order valence-electron chi connectivity index (χ2n) is 4.82. The van der Waals surface area contributed by atoms with Gasteiger partial charge < -0.3 is 14.8 Å². The fraction of sp³-hybridized carbons (Fsp3) is 0.615. The van der Waals surface area contributed by atoms with E-state index in [2.05, 4.69) is 10.3 Å². The first kappa shape index (κ1) is 15.1. The minimum Gasteiger partial charge on any atom is -0.475 e. The van der Waals surface area contributed by atoms with Crippen molar-refractivity contribution in [1.82, 2.24) is 4.98 Å². The molecule has 0 aromatic carbocycles. The summed E-state index contributed by atoms with van der Waals surface area (Å²) in [6, 6.07) is 3.57. The van der Waals surface area contributed by atoms with Gasteiger partial charge in [-0.3, -0.25) is 0 Å². The highest BCUT2D eigenvalue weighted by molar-refractivity contribution is 7.91. The van der Waals surface area contributed by atoms with Crippen LogP contribution in [-0.4, -0.2) is 51.3 Å². The van der Waals surface area contributed by atoms with Crippen molar-refractivity contribution in [3.05, 3.63) is 18.3 Å². The first-order valence-electron chi connectivity index (χ1n) is 6.64. The molecule has 2 rings (SSSR count). The van der Waals surface area contributed by atoms with Gasteiger partial charge in [-0.2, -0.15) is 0 Å². The standard InChI is InChI=1S/C13H20N2O4S/c1-18-6-7-19-13-5-4-11(9-14-13)15-12-3-2-8-20(16,17)10-12/h4-5,9,12,15H,2-3,6-8,10H2,1H3. The van der Waals surface area contributed by atoms with Crippen LogP contribution in [0.2, 0.25) is 0 Å². The molecule has 0 bridgehead atoms. The van der Waals surface area contributed by atoms with E-state index in [9.17, 15) is 8.42 Å². The molecule has 112 valence electrons. The number of hydrogen-bond donors (Lipinski definition) is 1. The van der Waals surface area contributed by atoms with E-state index in [1.807, 2.05) is 6.07 Å². The minimum absolute atomic E-state index is 0.0317. The molecule has 1 aromatic rings. The third-order valence-corrected chi connectivity index (χ3v) is 4.93. The van der Waals surface area contributed by atoms with E-state index >= 15 is 0 Å². The molecule has 1 fully saturated rings. The van der Waals surface area contributed by atoms with Gasteiger partial charge in [0.25, 0.3) is 0 Å². The molecule has 1 aliphatic rings. The quantitative estimate of drug-likeness (QED) is 0.793. The first-order valence-corrected chi connectivity index (χ1v) is 8.46. The van der Waals surface area contributed by atoms with Crippen LogP contribution in [0.3, 0.4) is 0 Å². The lowest BCUT2D eigenvalue weighted by Crippen LogP contribution is -2.34. The maximum Gasteiger partial charge on any atom is 0.213 e. The molecule has 0 saturated carbocycles. The SMILES string of the molecule is COCCOc1ccc(NC2CCCS(=O)(=O)C2)cn1. The Morgan fingerprint density at radius 2 is 2.25 bits per heavy atom. The molecule has 1 unspecified atom stereocenters. The number of pyridine rings is 1. The van der Waals surface area contributed by atoms with Crippen molar-refractivity contribution in [2.24, 2.45) is 0 Å². The lowest BCUT2D eigenvalue weighted by molar-refractivity contribution is 0.144. The topological polar surface area (TPSA) is 77.5 Å². The number of ether oxygens (including phenoxy) is 2. The third kappa shape index (κ3) is 4.64. The van der Waals surface area contributed by atoms with Gasteiger partial charge in [-0.1, -0.05) is 0 Å². The van der Waals surface area contributed by atoms with Crippen molar-refractivity contribution in [2.45, 2.75) is 18.9 Å². The van der Waals surface area contributed by atoms with Gasteiger partial charge in [0.1, 0.15) is 6.61 Å². The lowest BCUT2D eigenvalue weighted by atomic mass is 10.2. The van der Waals surface area contributed by atoms with Crippen molar-refractivity contribution >= 4 is 15.5 Å². The molecule has 0 radical (unpaired) electrons. The molecule has 20 heavy (non-hydrogen) atoms. The minimum atomic E-state index is -2.90. The Labute approximate surface area is 119 Å². The third-order valence-electron chi connectivity index (χ3n) is 3.11. The molecule has 1 saturated heterocycles. The van der Waals surface area contributed by atoms with Crippen LogP contribution in [-0.2, 0) is 14.6 Å². The Kier molecular flexibility index (Phi) is 5.19. The molecule has 1 atom stereocenters. The molecule has 0 aliphatic carbocycles. The Hall–Kier alpha value is -1.34. The van der Waals surface area contributed by atoms with Gasteiger partial charge in [0.15, 0.2) is 9.84 Å². The number of sulfone groups is 1. The summed E-state index contributed by atoms with van der Waals surface area (Å²) < 4.78 is 33.4. The summed E-state index contributed by atoms with van der Waals surface area (Å²) in [5.74, 6) is 1.03. The molecular formula is C13H20N2O4S. The highest BCUT2D eigenvalue weighted by atomic mass is 32.2. The normalized spacial score (nSPS) is 21.4. The Bertz CT molecular complexity index is 516. The van der Waals surface area contributed by atoms with Gasteiger partial charge in [-0.15, -0.1) is 0 Å². The number of rotatable bonds is 6. The van der Waals surface area contributed by atoms with Crippen LogP contribution in [0.15, 0.2) is 18.3 Å². The van der Waals surface area contributed by atoms with Crippen molar-refractivity contribution < 1.29 is 17.9 Å². The second-order valence-corrected chi connectivity index (χ2v) is 7.05. The lowest BCUT2D eigenvalue weighted by Gasteiger charge is -2.23. The summed E-state index contributed by atoms with van der Waals surface area (Å²) in [7, 11) is -1.28. The Balaban J connectivity index is 1.87. The molecule has 0 spiro atoms. The van der Waals surface area contributed by atoms with E-state index < -0.39 is 9.84 Å². The summed E-state index contributed by atoms with van der Waals surface area (Å²) in [5, 5.41) is 3.21. The predicted octanol–water partition coefficient (Wildman–Crippen LogP) is 1.10. The van der Waals surface area contributed by atoms with Gasteiger partial charge >= 0.3 is 0 Å². The van der Waals surface area contributed by atoms with Crippen LogP contribution >= 0.6 is 0 Å². The number of nitrogens with zero attached hydrogens (tertiary/aromatic N) is 1. The first-order chi connectivity index (χ1) is 9.59. The molecule has 7 heteroatoms. The Morgan fingerprint density at radius 1 is 1.40 bits per heavy atom. The van der Waals surface area contributed by atoms with E-state index in [1.165, 1.54) is 0 Å². The smallest absolute Gasteiger partial charge is 0.213 e. The highest BCUT2D eigenvalue weighted by Gasteiger charge is 2.24. The molecule has 1 aliphatic heterocycles. The monoisotopic (exact) mass is 300 g/mol. The van der Waals surface area contributed by atoms with Gasteiger partial charge in [-0.25, -0.2) is 13.4 Å². The predicted molar refractivity (Wildman–Crippen MR) is 76.9 cm³/mol. The van der Waals surface area contributed by atoms with E-state index in [4.69, 9.17) is 9.47 Å². The maximum absolute atomic E-state index is 11.6. The summed E-state index contributed by atoms with van der Waals surface area (Å²) in [4.78, 5) is 4.16. The van der Waals surface area contributed by atoms with Crippen LogP contribution in [0.5, 0.6) is 5.88 Å². The molecule has 1 N–H and O–H groups in total. The maximum atomic E-state index is 11.6. The van der Waals surface area contributed by atoms with E-state index in [-0.39, 0.29) is 11.8 Å². The van der Waals surface area contributed by atoms with Crippen LogP contribution in [0.25, 0.3) is 0 Å². The number of anilines is 1. The van der Waals surface area contributed by atoms with E-state index in [1.54, 1.807) is 19.4 Å². The van der Waals surface area contributed by atoms with E-state index in [0.29, 0.717) is 31.3 Å². The summed E-state index contributed by atoms with van der Waals surface area (Å²) in [6.45, 7) is 0.971. The summed E-state index contributed by atoms with van der Waals surface area (Å²) in [5.41, 5.74) is 0.811. The van der Waals surface area contributed by atoms with Crippen LogP contribution in [0, 0.1) is 0 Å². The second kappa shape index (κ2) is 6.90. The molecular weight excluding hydrogens is 280 g/mol. The fourth-order valence-electron chi connectivity index (χ4n) is 2.15. The Morgan fingerprint density at radius 3 is 2.90 bits per heavy atom. The zero-order chi connectivity index (χ0) is 14.4. The van der Waals surface area contributed by atoms with Crippen molar-refractivity contribution in [1.29, 1.82) is 0 Å². The number of aromatic nitrogens is 1. The zero-order valence-corrected chi connectivity index (χ0v) is 12.4.